The van der Waals surface area contributed by atoms with Gasteiger partial charge in [-0.25, -0.2) is 0 Å². The monoisotopic (exact) mass is 337 g/mol. The lowest BCUT2D eigenvalue weighted by Gasteiger charge is -2.20. The summed E-state index contributed by atoms with van der Waals surface area (Å²) in [6, 6.07) is 8.38. The average molecular weight is 338 g/mol. The van der Waals surface area contributed by atoms with Crippen molar-refractivity contribution in [2.45, 2.75) is 76.0 Å². The van der Waals surface area contributed by atoms with Gasteiger partial charge in [0.05, 0.1) is 6.10 Å². The molecule has 0 bridgehead atoms. The van der Waals surface area contributed by atoms with Gasteiger partial charge < -0.3 is 10.4 Å². The van der Waals surface area contributed by atoms with Gasteiger partial charge in [0.15, 0.2) is 0 Å². The first-order chi connectivity index (χ1) is 11.0. The number of rotatable bonds is 12. The Morgan fingerprint density at radius 2 is 1.65 bits per heavy atom. The summed E-state index contributed by atoms with van der Waals surface area (Å²) in [6.45, 7) is 10.7. The largest absolute Gasteiger partial charge is 0.388 e. The summed E-state index contributed by atoms with van der Waals surface area (Å²) >= 11 is 1.86. The SMILES string of the molecule is CCCCCCCNCC(C)C(O)c1ccc(SC(C)C)cc1. The minimum atomic E-state index is -0.388. The van der Waals surface area contributed by atoms with E-state index in [1.165, 1.54) is 37.0 Å². The third kappa shape index (κ3) is 8.78. The number of aliphatic hydroxyl groups is 1. The van der Waals surface area contributed by atoms with Crippen LogP contribution >= 0.6 is 11.8 Å². The van der Waals surface area contributed by atoms with Crippen molar-refractivity contribution >= 4 is 11.8 Å². The number of nitrogens with one attached hydrogen (secondary N) is 1. The fourth-order valence-corrected chi connectivity index (χ4v) is 3.48. The molecular formula is C20H35NOS. The molecule has 0 saturated heterocycles. The van der Waals surface area contributed by atoms with Crippen molar-refractivity contribution in [3.63, 3.8) is 0 Å². The molecule has 2 N–H and O–H groups in total. The van der Waals surface area contributed by atoms with Gasteiger partial charge in [0.2, 0.25) is 0 Å². The van der Waals surface area contributed by atoms with E-state index in [4.69, 9.17) is 0 Å². The van der Waals surface area contributed by atoms with Gasteiger partial charge in [0.25, 0.3) is 0 Å². The fraction of sp³-hybridized carbons (Fsp3) is 0.700. The summed E-state index contributed by atoms with van der Waals surface area (Å²) in [5.41, 5.74) is 1.02. The normalized spacial score (nSPS) is 14.2. The number of thioether (sulfide) groups is 1. The first-order valence-electron chi connectivity index (χ1n) is 9.20. The molecular weight excluding hydrogens is 302 g/mol. The van der Waals surface area contributed by atoms with Crippen LogP contribution in [0.1, 0.15) is 71.5 Å². The van der Waals surface area contributed by atoms with E-state index in [-0.39, 0.29) is 12.0 Å². The molecule has 132 valence electrons. The van der Waals surface area contributed by atoms with E-state index in [2.05, 4.69) is 57.3 Å². The van der Waals surface area contributed by atoms with Gasteiger partial charge in [-0.05, 0) is 36.6 Å². The second-order valence-corrected chi connectivity index (χ2v) is 8.43. The molecule has 0 aromatic heterocycles. The van der Waals surface area contributed by atoms with E-state index in [9.17, 15) is 5.11 Å². The molecule has 0 spiro atoms. The number of aliphatic hydroxyl groups excluding tert-OH is 1. The van der Waals surface area contributed by atoms with Crippen LogP contribution < -0.4 is 5.32 Å². The highest BCUT2D eigenvalue weighted by Gasteiger charge is 2.16. The van der Waals surface area contributed by atoms with Crippen molar-refractivity contribution in [1.82, 2.24) is 5.32 Å². The van der Waals surface area contributed by atoms with E-state index in [0.717, 1.165) is 18.7 Å². The predicted molar refractivity (Wildman–Crippen MR) is 103 cm³/mol. The number of hydrogen-bond donors (Lipinski definition) is 2. The number of benzene rings is 1. The highest BCUT2D eigenvalue weighted by atomic mass is 32.2. The molecule has 0 saturated carbocycles. The first kappa shape index (κ1) is 20.5. The standard InChI is InChI=1S/C20H35NOS/c1-5-6-7-8-9-14-21-15-17(4)20(22)18-10-12-19(13-11-18)23-16(2)3/h10-13,16-17,20-22H,5-9,14-15H2,1-4H3. The predicted octanol–water partition coefficient (Wildman–Crippen LogP) is 5.42. The Labute approximate surface area is 147 Å². The van der Waals surface area contributed by atoms with E-state index < -0.39 is 0 Å². The molecule has 0 radical (unpaired) electrons. The average Bonchev–Trinajstić information content (AvgIpc) is 2.53. The molecule has 2 atom stereocenters. The van der Waals surface area contributed by atoms with E-state index in [1.54, 1.807) is 0 Å². The molecule has 23 heavy (non-hydrogen) atoms. The minimum absolute atomic E-state index is 0.231. The van der Waals surface area contributed by atoms with Gasteiger partial charge in [-0.2, -0.15) is 0 Å². The Bertz CT molecular complexity index is 405. The lowest BCUT2D eigenvalue weighted by Crippen LogP contribution is -2.26. The zero-order chi connectivity index (χ0) is 17.1. The van der Waals surface area contributed by atoms with Crippen LogP contribution in [-0.4, -0.2) is 23.4 Å². The highest BCUT2D eigenvalue weighted by molar-refractivity contribution is 7.99. The molecule has 0 aliphatic carbocycles. The van der Waals surface area contributed by atoms with Crippen LogP contribution in [0.25, 0.3) is 0 Å². The summed E-state index contributed by atoms with van der Waals surface area (Å²) < 4.78 is 0. The first-order valence-corrected chi connectivity index (χ1v) is 10.1. The van der Waals surface area contributed by atoms with Crippen molar-refractivity contribution in [2.75, 3.05) is 13.1 Å². The van der Waals surface area contributed by atoms with Gasteiger partial charge in [0.1, 0.15) is 0 Å². The lowest BCUT2D eigenvalue weighted by molar-refractivity contribution is 0.117. The molecule has 0 heterocycles. The Kier molecular flexibility index (Phi) is 10.7. The van der Waals surface area contributed by atoms with Gasteiger partial charge in [0, 0.05) is 16.7 Å². The number of hydrogen-bond acceptors (Lipinski definition) is 3. The third-order valence-electron chi connectivity index (χ3n) is 4.06. The molecule has 3 heteroatoms. The summed E-state index contributed by atoms with van der Waals surface area (Å²) in [6.07, 6.45) is 6.15. The maximum Gasteiger partial charge on any atom is 0.0827 e. The zero-order valence-corrected chi connectivity index (χ0v) is 16.2. The zero-order valence-electron chi connectivity index (χ0n) is 15.3. The molecule has 0 amide bonds. The van der Waals surface area contributed by atoms with Crippen molar-refractivity contribution in [2.24, 2.45) is 5.92 Å². The molecule has 1 rings (SSSR count). The summed E-state index contributed by atoms with van der Waals surface area (Å²) in [5, 5.41) is 14.6. The van der Waals surface area contributed by atoms with Crippen LogP contribution in [-0.2, 0) is 0 Å². The van der Waals surface area contributed by atoms with Gasteiger partial charge in [-0.1, -0.05) is 65.5 Å². The van der Waals surface area contributed by atoms with Crippen LogP contribution in [0, 0.1) is 5.92 Å². The van der Waals surface area contributed by atoms with E-state index in [0.29, 0.717) is 5.25 Å². The number of unbranched alkanes of at least 4 members (excludes halogenated alkanes) is 4. The third-order valence-corrected chi connectivity index (χ3v) is 5.07. The molecule has 0 aliphatic rings. The lowest BCUT2D eigenvalue weighted by atomic mass is 9.97. The maximum atomic E-state index is 10.5. The fourth-order valence-electron chi connectivity index (χ4n) is 2.64. The van der Waals surface area contributed by atoms with Crippen LogP contribution in [0.15, 0.2) is 29.2 Å². The van der Waals surface area contributed by atoms with Crippen LogP contribution in [0.2, 0.25) is 0 Å². The molecule has 2 nitrogen and oxygen atoms in total. The molecule has 2 unspecified atom stereocenters. The molecule has 1 aromatic rings. The van der Waals surface area contributed by atoms with Gasteiger partial charge in [-0.3, -0.25) is 0 Å². The van der Waals surface area contributed by atoms with Crippen LogP contribution in [0.5, 0.6) is 0 Å². The summed E-state index contributed by atoms with van der Waals surface area (Å²) in [5.74, 6) is 0.231. The van der Waals surface area contributed by atoms with E-state index in [1.807, 2.05) is 11.8 Å². The summed E-state index contributed by atoms with van der Waals surface area (Å²) in [4.78, 5) is 1.27. The summed E-state index contributed by atoms with van der Waals surface area (Å²) in [7, 11) is 0. The molecule has 1 aromatic carbocycles. The Morgan fingerprint density at radius 1 is 1.00 bits per heavy atom. The van der Waals surface area contributed by atoms with Crippen molar-refractivity contribution in [3.8, 4) is 0 Å². The van der Waals surface area contributed by atoms with Crippen LogP contribution in [0.3, 0.4) is 0 Å². The maximum absolute atomic E-state index is 10.5. The second-order valence-electron chi connectivity index (χ2n) is 6.78. The van der Waals surface area contributed by atoms with Gasteiger partial charge >= 0.3 is 0 Å². The van der Waals surface area contributed by atoms with Crippen molar-refractivity contribution in [3.05, 3.63) is 29.8 Å². The molecule has 0 fully saturated rings. The van der Waals surface area contributed by atoms with Crippen molar-refractivity contribution < 1.29 is 5.11 Å². The smallest absolute Gasteiger partial charge is 0.0827 e. The second kappa shape index (κ2) is 11.9. The van der Waals surface area contributed by atoms with E-state index >= 15 is 0 Å². The van der Waals surface area contributed by atoms with Crippen molar-refractivity contribution in [1.29, 1.82) is 0 Å². The Balaban J connectivity index is 2.28. The molecule has 0 aliphatic heterocycles. The highest BCUT2D eigenvalue weighted by Crippen LogP contribution is 2.27. The van der Waals surface area contributed by atoms with Gasteiger partial charge in [-0.15, -0.1) is 11.8 Å². The quantitative estimate of drug-likeness (QED) is 0.395. The topological polar surface area (TPSA) is 32.3 Å². The Morgan fingerprint density at radius 3 is 2.26 bits per heavy atom. The Hall–Kier alpha value is -0.510. The minimum Gasteiger partial charge on any atom is -0.388 e. The van der Waals surface area contributed by atoms with Crippen LogP contribution in [0.4, 0.5) is 0 Å².